The summed E-state index contributed by atoms with van der Waals surface area (Å²) in [6.45, 7) is 31.4. The van der Waals surface area contributed by atoms with E-state index in [-0.39, 0.29) is 61.0 Å². The molecule has 0 aromatic carbocycles. The van der Waals surface area contributed by atoms with Gasteiger partial charge in [-0.3, -0.25) is 0 Å². The quantitative estimate of drug-likeness (QED) is 0.121. The van der Waals surface area contributed by atoms with Crippen LogP contribution in [0.1, 0.15) is 104 Å². The van der Waals surface area contributed by atoms with Crippen LogP contribution in [0.2, 0.25) is 0 Å². The van der Waals surface area contributed by atoms with Gasteiger partial charge in [-0.25, -0.2) is 19.6 Å². The molecule has 0 saturated carbocycles. The molecule has 0 aliphatic rings. The lowest BCUT2D eigenvalue weighted by atomic mass is 10.1. The van der Waals surface area contributed by atoms with Gasteiger partial charge in [0.1, 0.15) is 44.7 Å². The molecule has 0 amide bonds. The fourth-order valence-corrected chi connectivity index (χ4v) is 3.03. The van der Waals surface area contributed by atoms with Crippen LogP contribution in [0.4, 0.5) is 0 Å². The minimum absolute atomic E-state index is 0.151. The summed E-state index contributed by atoms with van der Waals surface area (Å²) in [6.07, 6.45) is -0.993. The van der Waals surface area contributed by atoms with E-state index in [0.717, 1.165) is 0 Å². The predicted molar refractivity (Wildman–Crippen MR) is 149 cm³/mol. The lowest BCUT2D eigenvalue weighted by Crippen LogP contribution is -2.38. The first-order valence-electron chi connectivity index (χ1n) is 13.7. The number of rotatable bonds is 17. The summed E-state index contributed by atoms with van der Waals surface area (Å²) in [5.74, 6) is 0. The predicted octanol–water partition coefficient (Wildman–Crippen LogP) is 6.06. The third kappa shape index (κ3) is 25.9. The Balaban J connectivity index is 4.81. The van der Waals surface area contributed by atoms with Crippen molar-refractivity contribution in [3.63, 3.8) is 0 Å². The SMILES string of the molecule is CC(C)(C)OCC(COOCC(COOCC(COC(C)(C)C)OC(C)(C)C)OC(C)(C)C)OC(C)(C)C. The molecule has 0 aliphatic carbocycles. The number of ether oxygens (including phenoxy) is 5. The van der Waals surface area contributed by atoms with E-state index in [2.05, 4.69) is 0 Å². The second-order valence-corrected chi connectivity index (χ2v) is 14.5. The third-order valence-corrected chi connectivity index (χ3v) is 4.15. The molecule has 9 heteroatoms. The van der Waals surface area contributed by atoms with Crippen molar-refractivity contribution in [2.45, 2.75) is 150 Å². The topological polar surface area (TPSA) is 83.1 Å². The molecule has 38 heavy (non-hydrogen) atoms. The highest BCUT2D eigenvalue weighted by Gasteiger charge is 2.25. The molecule has 2 unspecified atom stereocenters. The van der Waals surface area contributed by atoms with Crippen LogP contribution in [0.3, 0.4) is 0 Å². The van der Waals surface area contributed by atoms with Gasteiger partial charge in [0.15, 0.2) is 0 Å². The Kier molecular flexibility index (Phi) is 16.0. The van der Waals surface area contributed by atoms with Crippen molar-refractivity contribution in [2.24, 2.45) is 0 Å². The molecule has 0 N–H and O–H groups in total. The monoisotopic (exact) mass is 552 g/mol. The summed E-state index contributed by atoms with van der Waals surface area (Å²) in [6, 6.07) is 0. The lowest BCUT2D eigenvalue weighted by Gasteiger charge is -2.30. The summed E-state index contributed by atoms with van der Waals surface area (Å²) < 4.78 is 30.0. The van der Waals surface area contributed by atoms with E-state index in [1.807, 2.05) is 104 Å². The van der Waals surface area contributed by atoms with Crippen LogP contribution in [0.25, 0.3) is 0 Å². The smallest absolute Gasteiger partial charge is 0.111 e. The van der Waals surface area contributed by atoms with Crippen LogP contribution < -0.4 is 0 Å². The van der Waals surface area contributed by atoms with Gasteiger partial charge in [0.05, 0.1) is 41.2 Å². The van der Waals surface area contributed by atoms with Gasteiger partial charge in [-0.05, 0) is 104 Å². The van der Waals surface area contributed by atoms with Crippen LogP contribution in [0.5, 0.6) is 0 Å². The van der Waals surface area contributed by atoms with Crippen LogP contribution in [0.15, 0.2) is 0 Å². The first-order chi connectivity index (χ1) is 16.9. The first-order valence-corrected chi connectivity index (χ1v) is 13.7. The first kappa shape index (κ1) is 37.6. The van der Waals surface area contributed by atoms with Crippen LogP contribution in [-0.2, 0) is 43.2 Å². The van der Waals surface area contributed by atoms with Gasteiger partial charge in [-0.2, -0.15) is 0 Å². The molecule has 230 valence electrons. The van der Waals surface area contributed by atoms with Gasteiger partial charge in [0, 0.05) is 0 Å². The van der Waals surface area contributed by atoms with E-state index < -0.39 is 11.7 Å². The molecular weight excluding hydrogens is 492 g/mol. The maximum Gasteiger partial charge on any atom is 0.111 e. The van der Waals surface area contributed by atoms with E-state index in [9.17, 15) is 0 Å². The molecule has 0 fully saturated rings. The summed E-state index contributed by atoms with van der Waals surface area (Å²) in [5.41, 5.74) is -1.65. The van der Waals surface area contributed by atoms with Crippen molar-refractivity contribution < 1.29 is 43.2 Å². The molecule has 0 bridgehead atoms. The highest BCUT2D eigenvalue weighted by atomic mass is 17.2. The van der Waals surface area contributed by atoms with Crippen molar-refractivity contribution in [1.82, 2.24) is 0 Å². The maximum atomic E-state index is 6.08. The number of hydrogen-bond acceptors (Lipinski definition) is 9. The van der Waals surface area contributed by atoms with Gasteiger partial charge in [-0.1, -0.05) is 0 Å². The van der Waals surface area contributed by atoms with Gasteiger partial charge < -0.3 is 23.7 Å². The average Bonchev–Trinajstić information content (AvgIpc) is 2.65. The zero-order chi connectivity index (χ0) is 29.8. The molecule has 0 radical (unpaired) electrons. The van der Waals surface area contributed by atoms with E-state index in [4.69, 9.17) is 43.2 Å². The molecule has 0 saturated heterocycles. The van der Waals surface area contributed by atoms with E-state index >= 15 is 0 Å². The summed E-state index contributed by atoms with van der Waals surface area (Å²) in [5, 5.41) is 0. The second kappa shape index (κ2) is 16.2. The molecule has 0 heterocycles. The fraction of sp³-hybridized carbons (Fsp3) is 1.00. The highest BCUT2D eigenvalue weighted by molar-refractivity contribution is 4.70. The normalized spacial score (nSPS) is 16.5. The average molecular weight is 553 g/mol. The Labute approximate surface area is 233 Å². The van der Waals surface area contributed by atoms with Crippen LogP contribution in [0, 0.1) is 0 Å². The van der Waals surface area contributed by atoms with Crippen molar-refractivity contribution in [3.05, 3.63) is 0 Å². The van der Waals surface area contributed by atoms with Gasteiger partial charge >= 0.3 is 0 Å². The lowest BCUT2D eigenvalue weighted by molar-refractivity contribution is -0.354. The Morgan fingerprint density at radius 3 is 0.711 bits per heavy atom. The third-order valence-electron chi connectivity index (χ3n) is 4.15. The van der Waals surface area contributed by atoms with Gasteiger partial charge in [0.25, 0.3) is 0 Å². The summed E-state index contributed by atoms with van der Waals surface area (Å²) >= 11 is 0. The van der Waals surface area contributed by atoms with Crippen LogP contribution >= 0.6 is 0 Å². The van der Waals surface area contributed by atoms with Crippen molar-refractivity contribution >= 4 is 0 Å². The molecule has 0 aromatic rings. The molecule has 9 nitrogen and oxygen atoms in total. The minimum Gasteiger partial charge on any atom is -0.373 e. The van der Waals surface area contributed by atoms with Crippen molar-refractivity contribution in [2.75, 3.05) is 39.6 Å². The van der Waals surface area contributed by atoms with Crippen LogP contribution in [-0.4, -0.2) is 86.0 Å². The van der Waals surface area contributed by atoms with Gasteiger partial charge in [0.2, 0.25) is 0 Å². The summed E-state index contributed by atoms with van der Waals surface area (Å²) in [4.78, 5) is 22.0. The number of hydrogen-bond donors (Lipinski definition) is 0. The van der Waals surface area contributed by atoms with E-state index in [1.54, 1.807) is 0 Å². The second-order valence-electron chi connectivity index (χ2n) is 14.5. The maximum absolute atomic E-state index is 6.08. The molecule has 0 rings (SSSR count). The van der Waals surface area contributed by atoms with E-state index in [0.29, 0.717) is 13.2 Å². The van der Waals surface area contributed by atoms with Crippen molar-refractivity contribution in [1.29, 1.82) is 0 Å². The Morgan fingerprint density at radius 2 is 0.526 bits per heavy atom. The zero-order valence-corrected chi connectivity index (χ0v) is 27.1. The van der Waals surface area contributed by atoms with Gasteiger partial charge in [-0.15, -0.1) is 0 Å². The minimum atomic E-state index is -0.421. The fourth-order valence-electron chi connectivity index (χ4n) is 3.03. The highest BCUT2D eigenvalue weighted by Crippen LogP contribution is 2.17. The molecule has 2 atom stereocenters. The molecule has 0 spiro atoms. The zero-order valence-electron chi connectivity index (χ0n) is 27.1. The Hall–Kier alpha value is -0.360. The Bertz CT molecular complexity index is 558. The molecule has 0 aromatic heterocycles. The molecule has 0 aliphatic heterocycles. The summed E-state index contributed by atoms with van der Waals surface area (Å²) in [7, 11) is 0. The standard InChI is InChI=1S/C29H60O9/c1-25(2,3)30-16-22(36-27(7,8)9)18-32-34-20-24(38-29(13,14)15)21-35-33-19-23(37-28(10,11)12)17-31-26(4,5)6/h22-24H,16-21H2,1-15H3. The van der Waals surface area contributed by atoms with E-state index in [1.165, 1.54) is 0 Å². The van der Waals surface area contributed by atoms with Crippen molar-refractivity contribution in [3.8, 4) is 0 Å². The Morgan fingerprint density at radius 1 is 0.316 bits per heavy atom. The largest absolute Gasteiger partial charge is 0.373 e. The molecular formula is C29H60O9.